The second-order valence-electron chi connectivity index (χ2n) is 16.4. The van der Waals surface area contributed by atoms with Gasteiger partial charge in [-0.1, -0.05) is 55.4 Å². The molecule has 0 aromatic carbocycles. The standard InChI is InChI=1S/C39H74N10O9/c1-21(2)18-28(46-37(55)31(23(5)6)48-33(51)25(9)43-30(50)20-42)35(53)44-26(14-10-12-16-40)34(52)49-32(24(7)8)38(56)47-29(19-22(3)4)36(54)45-27(39(57)58)15-11-13-17-41/h21-29,31-32H,10-20,40-42H2,1-9H3,(H,43,50)(H,44,53)(H,45,54)(H,46,55)(H,47,56)(H,48,51)(H,49,52)(H,57,58)/t25-,26-,27-,28-,29-,31-,32-/m0/s1. The van der Waals surface area contributed by atoms with E-state index in [1.54, 1.807) is 27.7 Å². The van der Waals surface area contributed by atoms with Crippen LogP contribution in [0.3, 0.4) is 0 Å². The summed E-state index contributed by atoms with van der Waals surface area (Å²) in [5.41, 5.74) is 16.6. The number of rotatable bonds is 29. The van der Waals surface area contributed by atoms with Gasteiger partial charge in [-0.05, 0) is 95.1 Å². The molecule has 0 fully saturated rings. The number of hydrogen-bond acceptors (Lipinski definition) is 11. The Morgan fingerprint density at radius 2 is 0.810 bits per heavy atom. The first-order chi connectivity index (χ1) is 27.1. The van der Waals surface area contributed by atoms with E-state index in [1.807, 2.05) is 27.7 Å². The molecule has 0 unspecified atom stereocenters. The van der Waals surface area contributed by atoms with Gasteiger partial charge < -0.3 is 59.5 Å². The van der Waals surface area contributed by atoms with Crippen molar-refractivity contribution in [3.8, 4) is 0 Å². The number of carbonyl (C=O) groups excluding carboxylic acids is 7. The second kappa shape index (κ2) is 28.1. The normalized spacial score (nSPS) is 15.0. The zero-order valence-electron chi connectivity index (χ0n) is 36.1. The number of carboxylic acids is 1. The maximum absolute atomic E-state index is 13.9. The Hall–Kier alpha value is -4.36. The molecule has 0 saturated carbocycles. The van der Waals surface area contributed by atoms with Gasteiger partial charge >= 0.3 is 5.97 Å². The van der Waals surface area contributed by atoms with E-state index in [2.05, 4.69) is 37.2 Å². The van der Waals surface area contributed by atoms with Gasteiger partial charge in [-0.3, -0.25) is 33.6 Å². The van der Waals surface area contributed by atoms with Crippen molar-refractivity contribution in [2.75, 3.05) is 19.6 Å². The van der Waals surface area contributed by atoms with Gasteiger partial charge in [-0.25, -0.2) is 4.79 Å². The maximum atomic E-state index is 13.9. The molecular weight excluding hydrogens is 752 g/mol. The fraction of sp³-hybridized carbons (Fsp3) is 0.795. The smallest absolute Gasteiger partial charge is 0.326 e. The van der Waals surface area contributed by atoms with Crippen molar-refractivity contribution in [2.45, 2.75) is 156 Å². The number of nitrogens with two attached hydrogens (primary N) is 3. The van der Waals surface area contributed by atoms with Crippen LogP contribution in [-0.4, -0.2) is 114 Å². The molecule has 0 heterocycles. The quantitative estimate of drug-likeness (QED) is 0.0409. The molecular formula is C39H74N10O9. The largest absolute Gasteiger partial charge is 0.480 e. The summed E-state index contributed by atoms with van der Waals surface area (Å²) in [5, 5.41) is 28.2. The maximum Gasteiger partial charge on any atom is 0.326 e. The van der Waals surface area contributed by atoms with E-state index in [1.165, 1.54) is 6.92 Å². The van der Waals surface area contributed by atoms with E-state index in [0.29, 0.717) is 38.8 Å². The van der Waals surface area contributed by atoms with Gasteiger partial charge in [0.25, 0.3) is 0 Å². The molecule has 0 saturated heterocycles. The van der Waals surface area contributed by atoms with Crippen LogP contribution in [0.1, 0.15) is 114 Å². The van der Waals surface area contributed by atoms with Crippen molar-refractivity contribution in [1.82, 2.24) is 37.2 Å². The first-order valence-electron chi connectivity index (χ1n) is 20.5. The van der Waals surface area contributed by atoms with Crippen LogP contribution in [0.15, 0.2) is 0 Å². The molecule has 14 N–H and O–H groups in total. The molecule has 0 aliphatic rings. The molecule has 0 aromatic rings. The average Bonchev–Trinajstić information content (AvgIpc) is 3.13. The minimum absolute atomic E-state index is 0.0651. The Balaban J connectivity index is 6.27. The number of aliphatic carboxylic acids is 1. The van der Waals surface area contributed by atoms with Gasteiger partial charge in [-0.15, -0.1) is 0 Å². The molecule has 0 spiro atoms. The van der Waals surface area contributed by atoms with Crippen LogP contribution in [0.5, 0.6) is 0 Å². The van der Waals surface area contributed by atoms with E-state index in [9.17, 15) is 43.5 Å². The molecule has 19 heteroatoms. The first kappa shape index (κ1) is 53.6. The highest BCUT2D eigenvalue weighted by atomic mass is 16.4. The third kappa shape index (κ3) is 20.9. The molecule has 7 atom stereocenters. The van der Waals surface area contributed by atoms with Gasteiger partial charge in [0.05, 0.1) is 6.54 Å². The number of carbonyl (C=O) groups is 8. The zero-order valence-corrected chi connectivity index (χ0v) is 36.1. The van der Waals surface area contributed by atoms with Crippen LogP contribution >= 0.6 is 0 Å². The molecule has 0 bridgehead atoms. The summed E-state index contributed by atoms with van der Waals surface area (Å²) < 4.78 is 0. The van der Waals surface area contributed by atoms with E-state index in [4.69, 9.17) is 17.2 Å². The summed E-state index contributed by atoms with van der Waals surface area (Å²) in [5.74, 6) is -6.75. The molecule has 19 nitrogen and oxygen atoms in total. The summed E-state index contributed by atoms with van der Waals surface area (Å²) in [6.45, 7) is 16.0. The second-order valence-corrected chi connectivity index (χ2v) is 16.4. The third-order valence-corrected chi connectivity index (χ3v) is 9.27. The number of nitrogens with one attached hydrogen (secondary N) is 7. The average molecular weight is 827 g/mol. The van der Waals surface area contributed by atoms with Gasteiger partial charge in [0.15, 0.2) is 0 Å². The van der Waals surface area contributed by atoms with E-state index >= 15 is 0 Å². The highest BCUT2D eigenvalue weighted by Crippen LogP contribution is 2.13. The van der Waals surface area contributed by atoms with Gasteiger partial charge in [-0.2, -0.15) is 0 Å². The number of unbranched alkanes of at least 4 members (excludes halogenated alkanes) is 2. The summed E-state index contributed by atoms with van der Waals surface area (Å²) in [4.78, 5) is 105. The fourth-order valence-corrected chi connectivity index (χ4v) is 5.95. The Morgan fingerprint density at radius 3 is 1.17 bits per heavy atom. The van der Waals surface area contributed by atoms with Crippen molar-refractivity contribution < 1.29 is 43.5 Å². The van der Waals surface area contributed by atoms with Crippen LogP contribution in [0.4, 0.5) is 0 Å². The molecule has 0 rings (SSSR count). The summed E-state index contributed by atoms with van der Waals surface area (Å²) in [6.07, 6.45) is 2.74. The third-order valence-electron chi connectivity index (χ3n) is 9.27. The number of hydrogen-bond donors (Lipinski definition) is 11. The Bertz CT molecular complexity index is 1340. The van der Waals surface area contributed by atoms with Gasteiger partial charge in [0.1, 0.15) is 42.3 Å². The van der Waals surface area contributed by atoms with E-state index in [-0.39, 0.29) is 44.1 Å². The highest BCUT2D eigenvalue weighted by molar-refractivity contribution is 5.97. The van der Waals surface area contributed by atoms with Crippen molar-refractivity contribution in [1.29, 1.82) is 0 Å². The van der Waals surface area contributed by atoms with Crippen molar-refractivity contribution in [3.63, 3.8) is 0 Å². The topological polar surface area (TPSA) is 319 Å². The summed E-state index contributed by atoms with van der Waals surface area (Å²) >= 11 is 0. The van der Waals surface area contributed by atoms with E-state index < -0.39 is 101 Å². The van der Waals surface area contributed by atoms with Gasteiger partial charge in [0, 0.05) is 0 Å². The molecule has 58 heavy (non-hydrogen) atoms. The van der Waals surface area contributed by atoms with Crippen LogP contribution in [0.2, 0.25) is 0 Å². The Labute approximate surface area is 344 Å². The molecule has 0 radical (unpaired) electrons. The zero-order chi connectivity index (χ0) is 44.7. The van der Waals surface area contributed by atoms with Crippen molar-refractivity contribution in [3.05, 3.63) is 0 Å². The minimum atomic E-state index is -1.21. The lowest BCUT2D eigenvalue weighted by Crippen LogP contribution is -2.61. The van der Waals surface area contributed by atoms with Crippen LogP contribution in [0.25, 0.3) is 0 Å². The van der Waals surface area contributed by atoms with Crippen molar-refractivity contribution >= 4 is 47.3 Å². The predicted molar refractivity (Wildman–Crippen MR) is 220 cm³/mol. The van der Waals surface area contributed by atoms with Crippen LogP contribution in [-0.2, 0) is 38.4 Å². The molecule has 334 valence electrons. The van der Waals surface area contributed by atoms with E-state index in [0.717, 1.165) is 0 Å². The SMILES string of the molecule is CC(C)C[C@H](NC(=O)[C@@H](NC(=O)[C@H](C)NC(=O)CN)C(C)C)C(=O)N[C@@H](CCCCN)C(=O)N[C@H](C(=O)N[C@@H](CC(C)C)C(=O)N[C@@H](CCCCN)C(=O)O)C(C)C. The summed E-state index contributed by atoms with van der Waals surface area (Å²) in [6, 6.07) is -7.75. The van der Waals surface area contributed by atoms with Crippen LogP contribution in [0, 0.1) is 23.7 Å². The lowest BCUT2D eigenvalue weighted by atomic mass is 9.98. The molecule has 0 aromatic heterocycles. The fourth-order valence-electron chi connectivity index (χ4n) is 5.95. The van der Waals surface area contributed by atoms with Gasteiger partial charge in [0.2, 0.25) is 41.4 Å². The highest BCUT2D eigenvalue weighted by Gasteiger charge is 2.35. The molecule has 7 amide bonds. The summed E-state index contributed by atoms with van der Waals surface area (Å²) in [7, 11) is 0. The monoisotopic (exact) mass is 827 g/mol. The number of carboxylic acid groups (broad SMARTS) is 1. The van der Waals surface area contributed by atoms with Crippen molar-refractivity contribution in [2.24, 2.45) is 40.9 Å². The molecule has 0 aliphatic heterocycles. The lowest BCUT2D eigenvalue weighted by Gasteiger charge is -2.30. The molecule has 0 aliphatic carbocycles. The number of amides is 7. The Morgan fingerprint density at radius 1 is 0.448 bits per heavy atom. The predicted octanol–water partition coefficient (Wildman–Crippen LogP) is -0.895. The first-order valence-corrected chi connectivity index (χ1v) is 20.5. The Kier molecular flexibility index (Phi) is 26.0. The minimum Gasteiger partial charge on any atom is -0.480 e. The van der Waals surface area contributed by atoms with Crippen LogP contribution < -0.4 is 54.4 Å². The lowest BCUT2D eigenvalue weighted by molar-refractivity contribution is -0.142.